The second kappa shape index (κ2) is 8.14. The highest BCUT2D eigenvalue weighted by molar-refractivity contribution is 9.10. The summed E-state index contributed by atoms with van der Waals surface area (Å²) in [6.45, 7) is 3.17. The Morgan fingerprint density at radius 3 is 2.50 bits per heavy atom. The molecule has 1 unspecified atom stereocenters. The molecule has 20 heavy (non-hydrogen) atoms. The van der Waals surface area contributed by atoms with Crippen molar-refractivity contribution in [3.8, 4) is 0 Å². The normalized spacial score (nSPS) is 18.8. The zero-order chi connectivity index (χ0) is 14.4. The van der Waals surface area contributed by atoms with E-state index in [1.165, 1.54) is 44.6 Å². The van der Waals surface area contributed by atoms with Crippen LogP contribution in [0.3, 0.4) is 0 Å². The summed E-state index contributed by atoms with van der Waals surface area (Å²) in [4.78, 5) is 0. The van der Waals surface area contributed by atoms with Crippen molar-refractivity contribution in [1.82, 2.24) is 5.32 Å². The Balaban J connectivity index is 2.20. The van der Waals surface area contributed by atoms with Crippen molar-refractivity contribution < 1.29 is 4.39 Å². The van der Waals surface area contributed by atoms with Crippen LogP contribution in [-0.4, -0.2) is 6.54 Å². The van der Waals surface area contributed by atoms with Crippen LogP contribution in [0.1, 0.15) is 63.5 Å². The van der Waals surface area contributed by atoms with Crippen molar-refractivity contribution >= 4 is 15.9 Å². The number of benzene rings is 1. The number of nitrogens with one attached hydrogen (secondary N) is 1. The summed E-state index contributed by atoms with van der Waals surface area (Å²) < 4.78 is 14.5. The first kappa shape index (κ1) is 16.0. The van der Waals surface area contributed by atoms with Crippen LogP contribution < -0.4 is 5.32 Å². The van der Waals surface area contributed by atoms with Gasteiger partial charge in [0, 0.05) is 10.5 Å². The van der Waals surface area contributed by atoms with Crippen molar-refractivity contribution in [2.75, 3.05) is 6.54 Å². The first-order chi connectivity index (χ1) is 9.70. The lowest BCUT2D eigenvalue weighted by Crippen LogP contribution is -2.29. The van der Waals surface area contributed by atoms with E-state index in [1.54, 1.807) is 6.07 Å². The van der Waals surface area contributed by atoms with Gasteiger partial charge in [-0.3, -0.25) is 0 Å². The molecule has 1 aliphatic rings. The van der Waals surface area contributed by atoms with Gasteiger partial charge in [0.2, 0.25) is 0 Å². The van der Waals surface area contributed by atoms with E-state index < -0.39 is 0 Å². The molecule has 0 heterocycles. The highest BCUT2D eigenvalue weighted by Gasteiger charge is 2.24. The van der Waals surface area contributed by atoms with Crippen LogP contribution >= 0.6 is 15.9 Å². The molecule has 0 saturated heterocycles. The van der Waals surface area contributed by atoms with E-state index in [1.807, 2.05) is 0 Å². The van der Waals surface area contributed by atoms with Crippen molar-refractivity contribution in [3.05, 3.63) is 34.1 Å². The topological polar surface area (TPSA) is 12.0 Å². The lowest BCUT2D eigenvalue weighted by atomic mass is 9.87. The average molecular weight is 342 g/mol. The molecular formula is C17H25BrFN. The number of hydrogen-bond acceptors (Lipinski definition) is 1. The molecule has 2 rings (SSSR count). The van der Waals surface area contributed by atoms with Gasteiger partial charge in [0.1, 0.15) is 5.82 Å². The Morgan fingerprint density at radius 1 is 1.20 bits per heavy atom. The van der Waals surface area contributed by atoms with Gasteiger partial charge >= 0.3 is 0 Å². The van der Waals surface area contributed by atoms with Gasteiger partial charge in [0.25, 0.3) is 0 Å². The van der Waals surface area contributed by atoms with Gasteiger partial charge in [0.05, 0.1) is 0 Å². The lowest BCUT2D eigenvalue weighted by Gasteiger charge is -2.28. The van der Waals surface area contributed by atoms with E-state index in [0.717, 1.165) is 23.0 Å². The van der Waals surface area contributed by atoms with Gasteiger partial charge in [-0.15, -0.1) is 0 Å². The molecule has 1 aliphatic carbocycles. The molecule has 1 nitrogen and oxygen atoms in total. The van der Waals surface area contributed by atoms with Crippen molar-refractivity contribution in [2.45, 2.75) is 57.9 Å². The van der Waals surface area contributed by atoms with Crippen LogP contribution in [0.4, 0.5) is 4.39 Å². The number of halogens is 2. The maximum Gasteiger partial charge on any atom is 0.124 e. The minimum absolute atomic E-state index is 0.147. The van der Waals surface area contributed by atoms with Gasteiger partial charge in [-0.2, -0.15) is 0 Å². The van der Waals surface area contributed by atoms with Crippen molar-refractivity contribution in [3.63, 3.8) is 0 Å². The van der Waals surface area contributed by atoms with Crippen molar-refractivity contribution in [1.29, 1.82) is 0 Å². The Hall–Kier alpha value is -0.410. The monoisotopic (exact) mass is 341 g/mol. The summed E-state index contributed by atoms with van der Waals surface area (Å²) in [5.74, 6) is 0.490. The first-order valence-corrected chi connectivity index (χ1v) is 8.69. The molecule has 0 bridgehead atoms. The van der Waals surface area contributed by atoms with E-state index in [-0.39, 0.29) is 5.82 Å². The van der Waals surface area contributed by atoms with Crippen molar-refractivity contribution in [2.24, 2.45) is 5.92 Å². The molecule has 1 aromatic rings. The average Bonchev–Trinajstić information content (AvgIpc) is 2.67. The maximum absolute atomic E-state index is 13.7. The van der Waals surface area contributed by atoms with Gasteiger partial charge in [-0.1, -0.05) is 48.5 Å². The third kappa shape index (κ3) is 4.56. The third-order valence-electron chi connectivity index (χ3n) is 4.23. The highest BCUT2D eigenvalue weighted by atomic mass is 79.9. The summed E-state index contributed by atoms with van der Waals surface area (Å²) in [6.07, 6.45) is 8.95. The minimum atomic E-state index is -0.147. The van der Waals surface area contributed by atoms with Crippen LogP contribution in [0.2, 0.25) is 0 Å². The highest BCUT2D eigenvalue weighted by Crippen LogP contribution is 2.34. The summed E-state index contributed by atoms with van der Waals surface area (Å²) in [5, 5.41) is 3.65. The molecule has 0 radical (unpaired) electrons. The van der Waals surface area contributed by atoms with Gasteiger partial charge < -0.3 is 5.32 Å². The molecule has 112 valence electrons. The molecule has 0 aliphatic heterocycles. The standard InChI is InChI=1S/C17H25BrFN/c1-2-9-20-17(13-7-5-3-4-6-8-13)14-10-15(18)12-16(19)11-14/h10-13,17,20H,2-9H2,1H3. The van der Waals surface area contributed by atoms with Gasteiger partial charge in [-0.05, 0) is 55.5 Å². The van der Waals surface area contributed by atoms with E-state index in [9.17, 15) is 4.39 Å². The Bertz CT molecular complexity index is 393. The molecule has 0 aromatic heterocycles. The van der Waals surface area contributed by atoms with E-state index in [0.29, 0.717) is 12.0 Å². The molecular weight excluding hydrogens is 317 g/mol. The van der Waals surface area contributed by atoms with Crippen LogP contribution in [0.25, 0.3) is 0 Å². The zero-order valence-electron chi connectivity index (χ0n) is 12.3. The Labute approximate surface area is 130 Å². The van der Waals surface area contributed by atoms with Crippen LogP contribution in [0.5, 0.6) is 0 Å². The molecule has 0 amide bonds. The molecule has 1 saturated carbocycles. The summed E-state index contributed by atoms with van der Waals surface area (Å²) >= 11 is 3.42. The Kier molecular flexibility index (Phi) is 6.50. The van der Waals surface area contributed by atoms with Crippen LogP contribution in [0, 0.1) is 11.7 Å². The lowest BCUT2D eigenvalue weighted by molar-refractivity contribution is 0.325. The van der Waals surface area contributed by atoms with E-state index >= 15 is 0 Å². The molecule has 0 spiro atoms. The quantitative estimate of drug-likeness (QED) is 0.687. The molecule has 3 heteroatoms. The second-order valence-corrected chi connectivity index (χ2v) is 6.80. The Morgan fingerprint density at radius 2 is 1.90 bits per heavy atom. The molecule has 1 fully saturated rings. The SMILES string of the molecule is CCCNC(c1cc(F)cc(Br)c1)C1CCCCCC1. The predicted molar refractivity (Wildman–Crippen MR) is 86.3 cm³/mol. The third-order valence-corrected chi connectivity index (χ3v) is 4.69. The molecule has 1 N–H and O–H groups in total. The molecule has 1 aromatic carbocycles. The fraction of sp³-hybridized carbons (Fsp3) is 0.647. The van der Waals surface area contributed by atoms with Gasteiger partial charge in [-0.25, -0.2) is 4.39 Å². The number of rotatable bonds is 5. The largest absolute Gasteiger partial charge is 0.310 e. The van der Waals surface area contributed by atoms with Crippen LogP contribution in [0.15, 0.2) is 22.7 Å². The minimum Gasteiger partial charge on any atom is -0.310 e. The fourth-order valence-corrected chi connectivity index (χ4v) is 3.74. The first-order valence-electron chi connectivity index (χ1n) is 7.90. The van der Waals surface area contributed by atoms with E-state index in [4.69, 9.17) is 0 Å². The van der Waals surface area contributed by atoms with Gasteiger partial charge in [0.15, 0.2) is 0 Å². The maximum atomic E-state index is 13.7. The fourth-order valence-electron chi connectivity index (χ4n) is 3.26. The summed E-state index contributed by atoms with van der Waals surface area (Å²) in [6, 6.07) is 5.60. The van der Waals surface area contributed by atoms with Crippen LogP contribution in [-0.2, 0) is 0 Å². The summed E-state index contributed by atoms with van der Waals surface area (Å²) in [7, 11) is 0. The summed E-state index contributed by atoms with van der Waals surface area (Å²) in [5.41, 5.74) is 1.09. The van der Waals surface area contributed by atoms with E-state index in [2.05, 4.69) is 34.2 Å². The zero-order valence-corrected chi connectivity index (χ0v) is 13.9. The smallest absolute Gasteiger partial charge is 0.124 e. The molecule has 1 atom stereocenters. The predicted octanol–water partition coefficient (Wildman–Crippen LogP) is 5.60. The number of hydrogen-bond donors (Lipinski definition) is 1. The second-order valence-electron chi connectivity index (χ2n) is 5.89.